The Morgan fingerprint density at radius 3 is 2.04 bits per heavy atom. The van der Waals surface area contributed by atoms with Crippen molar-refractivity contribution in [3.8, 4) is 16.9 Å². The van der Waals surface area contributed by atoms with Crippen LogP contribution in [0.5, 0.6) is 5.75 Å². The van der Waals surface area contributed by atoms with Gasteiger partial charge in [0.1, 0.15) is 11.6 Å². The molecule has 0 unspecified atom stereocenters. The largest absolute Gasteiger partial charge is 0.490 e. The average Bonchev–Trinajstić information content (AvgIpc) is 2.56. The van der Waals surface area contributed by atoms with E-state index in [4.69, 9.17) is 4.74 Å². The average molecular weight is 311 g/mol. The van der Waals surface area contributed by atoms with Crippen molar-refractivity contribution >= 4 is 0 Å². The molecule has 0 radical (unpaired) electrons. The predicted octanol–water partition coefficient (Wildman–Crippen LogP) is 4.40. The zero-order valence-electron chi connectivity index (χ0n) is 13.2. The van der Waals surface area contributed by atoms with Gasteiger partial charge in [0.15, 0.2) is 0 Å². The van der Waals surface area contributed by atoms with Crippen LogP contribution in [0.15, 0.2) is 48.5 Å². The lowest BCUT2D eigenvalue weighted by Gasteiger charge is -2.49. The summed E-state index contributed by atoms with van der Waals surface area (Å²) in [5.74, 6) is 0.732. The molecule has 0 amide bonds. The number of piperidine rings is 1. The van der Waals surface area contributed by atoms with Crippen molar-refractivity contribution in [2.45, 2.75) is 31.8 Å². The third-order valence-electron chi connectivity index (χ3n) is 5.32. The van der Waals surface area contributed by atoms with Crippen LogP contribution in [-0.2, 0) is 0 Å². The molecule has 2 aromatic carbocycles. The first-order valence-electron chi connectivity index (χ1n) is 8.46. The van der Waals surface area contributed by atoms with E-state index in [1.807, 2.05) is 24.3 Å². The fraction of sp³-hybridized carbons (Fsp3) is 0.400. The smallest absolute Gasteiger partial charge is 0.123 e. The number of nitrogens with one attached hydrogen (secondary N) is 1. The SMILES string of the molecule is Fc1ccc(-c2ccc(OC3CC4(CCNCC4)C3)cc2)cc1. The molecule has 0 atom stereocenters. The molecule has 2 nitrogen and oxygen atoms in total. The lowest BCUT2D eigenvalue weighted by molar-refractivity contribution is -0.0347. The Balaban J connectivity index is 1.37. The first-order valence-corrected chi connectivity index (χ1v) is 8.46. The van der Waals surface area contributed by atoms with Crippen LogP contribution in [0.4, 0.5) is 4.39 Å². The molecule has 4 rings (SSSR count). The highest BCUT2D eigenvalue weighted by molar-refractivity contribution is 5.64. The molecule has 1 heterocycles. The first-order chi connectivity index (χ1) is 11.2. The molecule has 0 bridgehead atoms. The number of hydrogen-bond acceptors (Lipinski definition) is 2. The fourth-order valence-electron chi connectivity index (χ4n) is 3.92. The summed E-state index contributed by atoms with van der Waals surface area (Å²) in [6.07, 6.45) is 5.32. The quantitative estimate of drug-likeness (QED) is 0.907. The van der Waals surface area contributed by atoms with Gasteiger partial charge in [-0.3, -0.25) is 0 Å². The van der Waals surface area contributed by atoms with Gasteiger partial charge in [0.25, 0.3) is 0 Å². The van der Waals surface area contributed by atoms with Crippen molar-refractivity contribution in [2.75, 3.05) is 13.1 Å². The summed E-state index contributed by atoms with van der Waals surface area (Å²) in [7, 11) is 0. The van der Waals surface area contributed by atoms with E-state index in [2.05, 4.69) is 5.32 Å². The van der Waals surface area contributed by atoms with Crippen molar-refractivity contribution in [3.63, 3.8) is 0 Å². The Kier molecular flexibility index (Phi) is 3.82. The van der Waals surface area contributed by atoms with Crippen molar-refractivity contribution in [1.29, 1.82) is 0 Å². The van der Waals surface area contributed by atoms with E-state index in [-0.39, 0.29) is 5.82 Å². The minimum atomic E-state index is -0.203. The fourth-order valence-corrected chi connectivity index (χ4v) is 3.92. The van der Waals surface area contributed by atoms with E-state index in [1.54, 1.807) is 12.1 Å². The molecule has 1 spiro atoms. The standard InChI is InChI=1S/C20H22FNO/c21-17-5-1-15(2-6-17)16-3-7-18(8-4-16)23-19-13-20(14-19)9-11-22-12-10-20/h1-8,19,22H,9-14H2. The predicted molar refractivity (Wildman–Crippen MR) is 90.0 cm³/mol. The van der Waals surface area contributed by atoms with E-state index in [0.29, 0.717) is 11.5 Å². The summed E-state index contributed by atoms with van der Waals surface area (Å²) in [5, 5.41) is 3.43. The Labute approximate surface area is 136 Å². The second kappa shape index (κ2) is 5.97. The molecule has 0 aromatic heterocycles. The molecule has 2 fully saturated rings. The lowest BCUT2D eigenvalue weighted by Crippen LogP contribution is -2.49. The highest BCUT2D eigenvalue weighted by Gasteiger charge is 2.45. The molecular weight excluding hydrogens is 289 g/mol. The van der Waals surface area contributed by atoms with Crippen molar-refractivity contribution in [3.05, 3.63) is 54.3 Å². The van der Waals surface area contributed by atoms with Crippen LogP contribution in [0.3, 0.4) is 0 Å². The molecule has 1 aliphatic carbocycles. The van der Waals surface area contributed by atoms with Crippen molar-refractivity contribution < 1.29 is 9.13 Å². The number of hydrogen-bond donors (Lipinski definition) is 1. The molecule has 23 heavy (non-hydrogen) atoms. The Bertz CT molecular complexity index is 651. The van der Waals surface area contributed by atoms with Crippen LogP contribution in [0.25, 0.3) is 11.1 Å². The van der Waals surface area contributed by atoms with Crippen LogP contribution in [-0.4, -0.2) is 19.2 Å². The monoisotopic (exact) mass is 311 g/mol. The van der Waals surface area contributed by atoms with E-state index in [1.165, 1.54) is 37.8 Å². The minimum absolute atomic E-state index is 0.203. The molecule has 1 aliphatic heterocycles. The van der Waals surface area contributed by atoms with Crippen LogP contribution in [0.1, 0.15) is 25.7 Å². The molecular formula is C20H22FNO. The van der Waals surface area contributed by atoms with E-state index in [0.717, 1.165) is 30.0 Å². The van der Waals surface area contributed by atoms with Gasteiger partial charge in [0.05, 0.1) is 6.10 Å². The molecule has 1 N–H and O–H groups in total. The third kappa shape index (κ3) is 3.11. The Morgan fingerprint density at radius 2 is 1.43 bits per heavy atom. The number of halogens is 1. The van der Waals surface area contributed by atoms with Gasteiger partial charge in [-0.05, 0) is 79.6 Å². The van der Waals surface area contributed by atoms with E-state index >= 15 is 0 Å². The van der Waals surface area contributed by atoms with E-state index < -0.39 is 0 Å². The minimum Gasteiger partial charge on any atom is -0.490 e. The van der Waals surface area contributed by atoms with Crippen molar-refractivity contribution in [2.24, 2.45) is 5.41 Å². The summed E-state index contributed by atoms with van der Waals surface area (Å²) in [4.78, 5) is 0. The van der Waals surface area contributed by atoms with Gasteiger partial charge in [-0.1, -0.05) is 24.3 Å². The molecule has 2 aliphatic rings. The molecule has 120 valence electrons. The first kappa shape index (κ1) is 14.7. The van der Waals surface area contributed by atoms with E-state index in [9.17, 15) is 4.39 Å². The number of ether oxygens (including phenoxy) is 1. The highest BCUT2D eigenvalue weighted by atomic mass is 19.1. The van der Waals surface area contributed by atoms with Gasteiger partial charge in [-0.25, -0.2) is 4.39 Å². The maximum absolute atomic E-state index is 13.0. The summed E-state index contributed by atoms with van der Waals surface area (Å²) >= 11 is 0. The molecule has 2 aromatic rings. The molecule has 3 heteroatoms. The van der Waals surface area contributed by atoms with Crippen LogP contribution in [0, 0.1) is 11.2 Å². The van der Waals surface area contributed by atoms with Gasteiger partial charge in [0.2, 0.25) is 0 Å². The van der Waals surface area contributed by atoms with Crippen LogP contribution >= 0.6 is 0 Å². The summed E-state index contributed by atoms with van der Waals surface area (Å²) in [5.41, 5.74) is 2.65. The Morgan fingerprint density at radius 1 is 0.870 bits per heavy atom. The number of benzene rings is 2. The second-order valence-electron chi connectivity index (χ2n) is 6.93. The molecule has 1 saturated heterocycles. The van der Waals surface area contributed by atoms with Gasteiger partial charge < -0.3 is 10.1 Å². The maximum atomic E-state index is 13.0. The van der Waals surface area contributed by atoms with Gasteiger partial charge in [-0.2, -0.15) is 0 Å². The Hall–Kier alpha value is -1.87. The van der Waals surface area contributed by atoms with Gasteiger partial charge in [0, 0.05) is 0 Å². The lowest BCUT2D eigenvalue weighted by atomic mass is 9.62. The third-order valence-corrected chi connectivity index (χ3v) is 5.32. The van der Waals surface area contributed by atoms with Crippen LogP contribution < -0.4 is 10.1 Å². The molecule has 1 saturated carbocycles. The number of rotatable bonds is 3. The summed E-state index contributed by atoms with van der Waals surface area (Å²) in [6, 6.07) is 14.7. The van der Waals surface area contributed by atoms with Crippen molar-refractivity contribution in [1.82, 2.24) is 5.32 Å². The topological polar surface area (TPSA) is 21.3 Å². The highest BCUT2D eigenvalue weighted by Crippen LogP contribution is 2.49. The normalized spacial score (nSPS) is 20.2. The summed E-state index contributed by atoms with van der Waals surface area (Å²) in [6.45, 7) is 2.30. The van der Waals surface area contributed by atoms with Crippen LogP contribution in [0.2, 0.25) is 0 Å². The second-order valence-corrected chi connectivity index (χ2v) is 6.93. The maximum Gasteiger partial charge on any atom is 0.123 e. The zero-order valence-corrected chi connectivity index (χ0v) is 13.2. The van der Waals surface area contributed by atoms with Gasteiger partial charge >= 0.3 is 0 Å². The summed E-state index contributed by atoms with van der Waals surface area (Å²) < 4.78 is 19.1. The van der Waals surface area contributed by atoms with Gasteiger partial charge in [-0.15, -0.1) is 0 Å². The zero-order chi connectivity index (χ0) is 15.7.